The van der Waals surface area contributed by atoms with Crippen molar-refractivity contribution >= 4 is 0 Å². The van der Waals surface area contributed by atoms with Gasteiger partial charge in [-0.1, -0.05) is 60.3 Å². The highest BCUT2D eigenvalue weighted by molar-refractivity contribution is 4.66. The van der Waals surface area contributed by atoms with Gasteiger partial charge < -0.3 is 0 Å². The van der Waals surface area contributed by atoms with Crippen LogP contribution in [0.25, 0.3) is 0 Å². The lowest BCUT2D eigenvalue weighted by Crippen LogP contribution is -2.07. The standard InChI is InChI=1S/C12H25/c1-6-12(11(4)5)9-7-8-10(2)3/h10-12H,4,6-9H2,1-3,5H3. The van der Waals surface area contributed by atoms with Crippen LogP contribution in [0.1, 0.15) is 53.4 Å². The molecule has 0 N–H and O–H groups in total. The van der Waals surface area contributed by atoms with Gasteiger partial charge in [-0.15, -0.1) is 0 Å². The smallest absolute Gasteiger partial charge is 0.0391 e. The van der Waals surface area contributed by atoms with Crippen molar-refractivity contribution in [2.45, 2.75) is 53.4 Å². The van der Waals surface area contributed by atoms with Crippen LogP contribution in [-0.2, 0) is 0 Å². The van der Waals surface area contributed by atoms with Gasteiger partial charge in [-0.25, -0.2) is 0 Å². The van der Waals surface area contributed by atoms with Crippen molar-refractivity contribution in [2.24, 2.45) is 17.8 Å². The first-order chi connectivity index (χ1) is 5.57. The molecular weight excluding hydrogens is 144 g/mol. The fraction of sp³-hybridized carbons (Fsp3) is 0.917. The highest BCUT2D eigenvalue weighted by atomic mass is 14.2. The SMILES string of the molecule is [CH2]C(C)C(CC)CCCC(C)C. The van der Waals surface area contributed by atoms with Crippen LogP contribution >= 0.6 is 0 Å². The molecule has 0 aromatic carbocycles. The molecule has 0 aliphatic rings. The highest BCUT2D eigenvalue weighted by Crippen LogP contribution is 2.22. The summed E-state index contributed by atoms with van der Waals surface area (Å²) in [5, 5.41) is 0. The van der Waals surface area contributed by atoms with E-state index in [0.29, 0.717) is 5.92 Å². The van der Waals surface area contributed by atoms with Gasteiger partial charge in [-0.2, -0.15) is 0 Å². The third-order valence-electron chi connectivity index (χ3n) is 2.69. The zero-order valence-electron chi connectivity index (χ0n) is 9.27. The maximum absolute atomic E-state index is 4.11. The minimum absolute atomic E-state index is 0.627. The average molecular weight is 169 g/mol. The van der Waals surface area contributed by atoms with Gasteiger partial charge in [0.25, 0.3) is 0 Å². The van der Waals surface area contributed by atoms with E-state index in [1.807, 2.05) is 0 Å². The Hall–Kier alpha value is 0. The Morgan fingerprint density at radius 1 is 1.08 bits per heavy atom. The Labute approximate surface area is 78.8 Å². The first kappa shape index (κ1) is 12.0. The van der Waals surface area contributed by atoms with E-state index >= 15 is 0 Å². The molecule has 0 nitrogen and oxygen atoms in total. The zero-order valence-corrected chi connectivity index (χ0v) is 9.27. The third kappa shape index (κ3) is 5.62. The molecule has 73 valence electrons. The molecule has 0 heteroatoms. The van der Waals surface area contributed by atoms with Crippen LogP contribution in [0, 0.1) is 24.7 Å². The number of hydrogen-bond donors (Lipinski definition) is 0. The number of rotatable bonds is 6. The van der Waals surface area contributed by atoms with E-state index in [0.717, 1.165) is 11.8 Å². The molecule has 2 atom stereocenters. The summed E-state index contributed by atoms with van der Waals surface area (Å²) < 4.78 is 0. The lowest BCUT2D eigenvalue weighted by atomic mass is 9.87. The van der Waals surface area contributed by atoms with Crippen LogP contribution in [0.4, 0.5) is 0 Å². The van der Waals surface area contributed by atoms with Crippen molar-refractivity contribution in [3.8, 4) is 0 Å². The summed E-state index contributed by atoms with van der Waals surface area (Å²) in [6.45, 7) is 13.2. The maximum atomic E-state index is 4.11. The molecule has 2 unspecified atom stereocenters. The van der Waals surface area contributed by atoms with Crippen molar-refractivity contribution < 1.29 is 0 Å². The molecule has 0 amide bonds. The molecular formula is C12H25. The summed E-state index contributed by atoms with van der Waals surface area (Å²) in [5.74, 6) is 2.34. The molecule has 12 heavy (non-hydrogen) atoms. The van der Waals surface area contributed by atoms with Gasteiger partial charge in [0.15, 0.2) is 0 Å². The predicted octanol–water partition coefficient (Wildman–Crippen LogP) is 4.31. The fourth-order valence-electron chi connectivity index (χ4n) is 1.68. The average Bonchev–Trinajstić information content (AvgIpc) is 1.96. The van der Waals surface area contributed by atoms with Crippen molar-refractivity contribution in [3.63, 3.8) is 0 Å². The molecule has 0 aliphatic heterocycles. The van der Waals surface area contributed by atoms with Gasteiger partial charge in [0.1, 0.15) is 0 Å². The Bertz CT molecular complexity index is 92.2. The first-order valence-corrected chi connectivity index (χ1v) is 5.41. The second-order valence-electron chi connectivity index (χ2n) is 4.47. The molecule has 0 rings (SSSR count). The number of hydrogen-bond acceptors (Lipinski definition) is 0. The largest absolute Gasteiger partial charge is 0.0651 e. The van der Waals surface area contributed by atoms with Crippen molar-refractivity contribution in [1.82, 2.24) is 0 Å². The van der Waals surface area contributed by atoms with Crippen molar-refractivity contribution in [3.05, 3.63) is 6.92 Å². The quantitative estimate of drug-likeness (QED) is 0.556. The topological polar surface area (TPSA) is 0 Å². The van der Waals surface area contributed by atoms with E-state index < -0.39 is 0 Å². The maximum Gasteiger partial charge on any atom is -0.0391 e. The van der Waals surface area contributed by atoms with Crippen LogP contribution in [0.3, 0.4) is 0 Å². The van der Waals surface area contributed by atoms with Gasteiger partial charge in [0.05, 0.1) is 0 Å². The van der Waals surface area contributed by atoms with Gasteiger partial charge in [0.2, 0.25) is 0 Å². The molecule has 0 aliphatic carbocycles. The van der Waals surface area contributed by atoms with E-state index in [9.17, 15) is 0 Å². The molecule has 1 radical (unpaired) electrons. The van der Waals surface area contributed by atoms with E-state index in [4.69, 9.17) is 0 Å². The molecule has 0 bridgehead atoms. The second-order valence-corrected chi connectivity index (χ2v) is 4.47. The van der Waals surface area contributed by atoms with Gasteiger partial charge in [-0.05, 0) is 17.8 Å². The zero-order chi connectivity index (χ0) is 9.56. The van der Waals surface area contributed by atoms with E-state index in [2.05, 4.69) is 34.6 Å². The first-order valence-electron chi connectivity index (χ1n) is 5.41. The van der Waals surface area contributed by atoms with Gasteiger partial charge in [0, 0.05) is 0 Å². The summed E-state index contributed by atoms with van der Waals surface area (Å²) in [4.78, 5) is 0. The highest BCUT2D eigenvalue weighted by Gasteiger charge is 2.10. The lowest BCUT2D eigenvalue weighted by molar-refractivity contribution is 0.352. The Balaban J connectivity index is 3.45. The van der Waals surface area contributed by atoms with E-state index in [-0.39, 0.29) is 0 Å². The van der Waals surface area contributed by atoms with E-state index in [1.54, 1.807) is 0 Å². The van der Waals surface area contributed by atoms with Crippen LogP contribution < -0.4 is 0 Å². The minimum Gasteiger partial charge on any atom is -0.0651 e. The Morgan fingerprint density at radius 2 is 1.67 bits per heavy atom. The third-order valence-corrected chi connectivity index (χ3v) is 2.69. The predicted molar refractivity (Wildman–Crippen MR) is 57.0 cm³/mol. The molecule has 0 aromatic heterocycles. The summed E-state index contributed by atoms with van der Waals surface area (Å²) in [7, 11) is 0. The Morgan fingerprint density at radius 3 is 2.00 bits per heavy atom. The van der Waals surface area contributed by atoms with Gasteiger partial charge in [-0.3, -0.25) is 0 Å². The molecule has 0 saturated heterocycles. The molecule has 0 aromatic rings. The van der Waals surface area contributed by atoms with Crippen LogP contribution in [0.5, 0.6) is 0 Å². The van der Waals surface area contributed by atoms with Crippen LogP contribution in [0.2, 0.25) is 0 Å². The molecule has 0 saturated carbocycles. The lowest BCUT2D eigenvalue weighted by Gasteiger charge is -2.18. The summed E-state index contributed by atoms with van der Waals surface area (Å²) in [5.41, 5.74) is 0. The fourth-order valence-corrected chi connectivity index (χ4v) is 1.68. The van der Waals surface area contributed by atoms with Crippen LogP contribution in [-0.4, -0.2) is 0 Å². The van der Waals surface area contributed by atoms with Crippen LogP contribution in [0.15, 0.2) is 0 Å². The summed E-state index contributed by atoms with van der Waals surface area (Å²) in [6, 6.07) is 0. The Kier molecular flexibility index (Phi) is 6.51. The monoisotopic (exact) mass is 169 g/mol. The summed E-state index contributed by atoms with van der Waals surface area (Å²) in [6.07, 6.45) is 5.43. The van der Waals surface area contributed by atoms with Gasteiger partial charge >= 0.3 is 0 Å². The molecule has 0 spiro atoms. The van der Waals surface area contributed by atoms with Crippen molar-refractivity contribution in [2.75, 3.05) is 0 Å². The normalized spacial score (nSPS) is 14.2. The van der Waals surface area contributed by atoms with E-state index in [1.165, 1.54) is 25.7 Å². The van der Waals surface area contributed by atoms with Crippen molar-refractivity contribution in [1.29, 1.82) is 0 Å². The molecule has 0 fully saturated rings. The second kappa shape index (κ2) is 6.51. The summed E-state index contributed by atoms with van der Waals surface area (Å²) >= 11 is 0. The minimum atomic E-state index is 0.627. The molecule has 0 heterocycles.